The number of hydrogen-bond acceptors (Lipinski definition) is 3. The summed E-state index contributed by atoms with van der Waals surface area (Å²) < 4.78 is 5.25. The number of ether oxygens (including phenoxy) is 1. The van der Waals surface area contributed by atoms with Gasteiger partial charge in [0.05, 0.1) is 6.61 Å². The molecule has 0 bridgehead atoms. The van der Waals surface area contributed by atoms with Gasteiger partial charge in [-0.05, 0) is 38.2 Å². The van der Waals surface area contributed by atoms with E-state index in [9.17, 15) is 4.79 Å². The number of unbranched alkanes of at least 4 members (excludes halogenated alkanes) is 2. The molecular formula is C15H29NO2. The molecule has 1 unspecified atom stereocenters. The molecule has 1 atom stereocenters. The first-order valence-electron chi connectivity index (χ1n) is 7.20. The summed E-state index contributed by atoms with van der Waals surface area (Å²) in [7, 11) is 0. The summed E-state index contributed by atoms with van der Waals surface area (Å²) in [5.41, 5.74) is 7.87. The van der Waals surface area contributed by atoms with Gasteiger partial charge in [0.25, 0.3) is 0 Å². The molecule has 0 aromatic rings. The van der Waals surface area contributed by atoms with Crippen molar-refractivity contribution in [3.63, 3.8) is 0 Å². The Morgan fingerprint density at radius 3 is 2.28 bits per heavy atom. The largest absolute Gasteiger partial charge is 0.462 e. The molecule has 0 amide bonds. The lowest BCUT2D eigenvalue weighted by Crippen LogP contribution is -2.25. The van der Waals surface area contributed by atoms with Crippen LogP contribution in [0.15, 0.2) is 11.1 Å². The molecule has 0 radical (unpaired) electrons. The van der Waals surface area contributed by atoms with Crippen molar-refractivity contribution in [3.05, 3.63) is 11.1 Å². The number of esters is 1. The quantitative estimate of drug-likeness (QED) is 0.389. The standard InChI is InChI=1S/C15H29NO2/c1-5-8-10-13(14(16)7-3)12(4)15(17)18-11-9-6-2/h14H,5-11,16H2,1-4H3. The molecule has 0 aromatic heterocycles. The number of nitrogens with two attached hydrogens (primary N) is 1. The van der Waals surface area contributed by atoms with E-state index in [4.69, 9.17) is 10.5 Å². The summed E-state index contributed by atoms with van der Waals surface area (Å²) in [6.45, 7) is 8.62. The minimum absolute atomic E-state index is 0.0183. The van der Waals surface area contributed by atoms with Gasteiger partial charge in [0.15, 0.2) is 0 Å². The fourth-order valence-electron chi connectivity index (χ4n) is 1.81. The Labute approximate surface area is 112 Å². The highest BCUT2D eigenvalue weighted by atomic mass is 16.5. The Balaban J connectivity index is 4.66. The summed E-state index contributed by atoms with van der Waals surface area (Å²) >= 11 is 0. The van der Waals surface area contributed by atoms with E-state index in [1.807, 2.05) is 13.8 Å². The van der Waals surface area contributed by atoms with Crippen LogP contribution in [0.1, 0.15) is 66.2 Å². The Kier molecular flexibility index (Phi) is 9.66. The van der Waals surface area contributed by atoms with Gasteiger partial charge >= 0.3 is 5.97 Å². The second-order valence-corrected chi connectivity index (χ2v) is 4.76. The lowest BCUT2D eigenvalue weighted by Gasteiger charge is -2.17. The van der Waals surface area contributed by atoms with Crippen LogP contribution >= 0.6 is 0 Å². The van der Waals surface area contributed by atoms with Gasteiger partial charge < -0.3 is 10.5 Å². The summed E-state index contributed by atoms with van der Waals surface area (Å²) in [6, 6.07) is -0.0183. The summed E-state index contributed by atoms with van der Waals surface area (Å²) in [6.07, 6.45) is 5.90. The minimum Gasteiger partial charge on any atom is -0.462 e. The lowest BCUT2D eigenvalue weighted by atomic mass is 9.95. The Bertz CT molecular complexity index is 272. The number of rotatable bonds is 9. The number of carbonyl (C=O) groups is 1. The van der Waals surface area contributed by atoms with Gasteiger partial charge in [-0.1, -0.05) is 33.6 Å². The van der Waals surface area contributed by atoms with Crippen LogP contribution in [-0.4, -0.2) is 18.6 Å². The molecule has 18 heavy (non-hydrogen) atoms. The molecule has 0 spiro atoms. The van der Waals surface area contributed by atoms with Gasteiger partial charge in [-0.15, -0.1) is 0 Å². The van der Waals surface area contributed by atoms with Crippen molar-refractivity contribution in [1.29, 1.82) is 0 Å². The van der Waals surface area contributed by atoms with Crippen molar-refractivity contribution in [2.24, 2.45) is 5.73 Å². The predicted octanol–water partition coefficient (Wildman–Crippen LogP) is 3.57. The fraction of sp³-hybridized carbons (Fsp3) is 0.800. The predicted molar refractivity (Wildman–Crippen MR) is 76.4 cm³/mol. The topological polar surface area (TPSA) is 52.3 Å². The van der Waals surface area contributed by atoms with Gasteiger partial charge in [0.1, 0.15) is 0 Å². The van der Waals surface area contributed by atoms with Crippen molar-refractivity contribution < 1.29 is 9.53 Å². The van der Waals surface area contributed by atoms with E-state index in [-0.39, 0.29) is 12.0 Å². The average molecular weight is 255 g/mol. The zero-order valence-electron chi connectivity index (χ0n) is 12.4. The molecule has 0 aliphatic heterocycles. The lowest BCUT2D eigenvalue weighted by molar-refractivity contribution is -0.139. The maximum atomic E-state index is 11.9. The van der Waals surface area contributed by atoms with E-state index in [0.29, 0.717) is 12.2 Å². The minimum atomic E-state index is -0.196. The summed E-state index contributed by atoms with van der Waals surface area (Å²) in [4.78, 5) is 11.9. The maximum absolute atomic E-state index is 11.9. The molecule has 2 N–H and O–H groups in total. The van der Waals surface area contributed by atoms with Gasteiger partial charge in [0.2, 0.25) is 0 Å². The smallest absolute Gasteiger partial charge is 0.333 e. The molecular weight excluding hydrogens is 226 g/mol. The first-order valence-corrected chi connectivity index (χ1v) is 7.20. The third-order valence-corrected chi connectivity index (χ3v) is 3.21. The average Bonchev–Trinajstić information content (AvgIpc) is 2.38. The molecule has 3 heteroatoms. The molecule has 0 fully saturated rings. The van der Waals surface area contributed by atoms with Crippen LogP contribution in [0.25, 0.3) is 0 Å². The fourth-order valence-corrected chi connectivity index (χ4v) is 1.81. The second kappa shape index (κ2) is 10.1. The van der Waals surface area contributed by atoms with Crippen LogP contribution in [0.5, 0.6) is 0 Å². The molecule has 3 nitrogen and oxygen atoms in total. The van der Waals surface area contributed by atoms with Crippen LogP contribution in [0.2, 0.25) is 0 Å². The van der Waals surface area contributed by atoms with Gasteiger partial charge in [-0.25, -0.2) is 4.79 Å². The number of hydrogen-bond donors (Lipinski definition) is 1. The second-order valence-electron chi connectivity index (χ2n) is 4.76. The van der Waals surface area contributed by atoms with Gasteiger partial charge in [-0.2, -0.15) is 0 Å². The van der Waals surface area contributed by atoms with Crippen molar-refractivity contribution in [2.75, 3.05) is 6.61 Å². The van der Waals surface area contributed by atoms with E-state index in [1.54, 1.807) is 0 Å². The zero-order valence-corrected chi connectivity index (χ0v) is 12.4. The van der Waals surface area contributed by atoms with Crippen molar-refractivity contribution in [2.45, 2.75) is 72.3 Å². The molecule has 106 valence electrons. The molecule has 0 heterocycles. The zero-order chi connectivity index (χ0) is 14.0. The third kappa shape index (κ3) is 6.20. The van der Waals surface area contributed by atoms with Crippen molar-refractivity contribution >= 4 is 5.97 Å². The van der Waals surface area contributed by atoms with Crippen LogP contribution in [0.4, 0.5) is 0 Å². The highest BCUT2D eigenvalue weighted by Gasteiger charge is 2.16. The molecule has 0 saturated carbocycles. The van der Waals surface area contributed by atoms with E-state index in [1.165, 1.54) is 0 Å². The maximum Gasteiger partial charge on any atom is 0.333 e. The normalized spacial score (nSPS) is 14.1. The van der Waals surface area contributed by atoms with Crippen LogP contribution in [0, 0.1) is 0 Å². The van der Waals surface area contributed by atoms with E-state index in [0.717, 1.165) is 44.1 Å². The van der Waals surface area contributed by atoms with Gasteiger partial charge in [0, 0.05) is 11.6 Å². The highest BCUT2D eigenvalue weighted by molar-refractivity contribution is 5.88. The van der Waals surface area contributed by atoms with Gasteiger partial charge in [-0.3, -0.25) is 0 Å². The van der Waals surface area contributed by atoms with E-state index in [2.05, 4.69) is 13.8 Å². The first kappa shape index (κ1) is 17.2. The van der Waals surface area contributed by atoms with Crippen molar-refractivity contribution in [1.82, 2.24) is 0 Å². The highest BCUT2D eigenvalue weighted by Crippen LogP contribution is 2.18. The molecule has 0 aliphatic rings. The summed E-state index contributed by atoms with van der Waals surface area (Å²) in [5.74, 6) is -0.196. The molecule has 0 saturated heterocycles. The Morgan fingerprint density at radius 1 is 1.17 bits per heavy atom. The molecule has 0 aromatic carbocycles. The van der Waals surface area contributed by atoms with E-state index >= 15 is 0 Å². The number of carbonyl (C=O) groups excluding carboxylic acids is 1. The molecule has 0 aliphatic carbocycles. The third-order valence-electron chi connectivity index (χ3n) is 3.21. The Morgan fingerprint density at radius 2 is 1.78 bits per heavy atom. The van der Waals surface area contributed by atoms with Crippen molar-refractivity contribution in [3.8, 4) is 0 Å². The van der Waals surface area contributed by atoms with E-state index < -0.39 is 0 Å². The monoisotopic (exact) mass is 255 g/mol. The Hall–Kier alpha value is -0.830. The first-order chi connectivity index (χ1) is 8.58. The summed E-state index contributed by atoms with van der Waals surface area (Å²) in [5, 5.41) is 0. The van der Waals surface area contributed by atoms with Crippen LogP contribution in [-0.2, 0) is 9.53 Å². The van der Waals surface area contributed by atoms with Crippen LogP contribution in [0.3, 0.4) is 0 Å². The van der Waals surface area contributed by atoms with Crippen LogP contribution < -0.4 is 5.73 Å². The molecule has 0 rings (SSSR count). The SMILES string of the molecule is CCCCOC(=O)C(C)=C(CCCC)C(N)CC.